The molecule has 0 aliphatic carbocycles. The van der Waals surface area contributed by atoms with Gasteiger partial charge in [0.2, 0.25) is 11.3 Å². The molecule has 0 aliphatic heterocycles. The molecule has 0 fully saturated rings. The van der Waals surface area contributed by atoms with Crippen molar-refractivity contribution >= 4 is 5.91 Å². The van der Waals surface area contributed by atoms with Crippen LogP contribution >= 0.6 is 0 Å². The van der Waals surface area contributed by atoms with Crippen LogP contribution in [0.4, 0.5) is 8.78 Å². The summed E-state index contributed by atoms with van der Waals surface area (Å²) < 4.78 is 32.9. The maximum Gasteiger partial charge on any atom is 0.275 e. The molecule has 2 heterocycles. The Morgan fingerprint density at radius 1 is 1.18 bits per heavy atom. The molecular formula is C19H16F2N4O3. The van der Waals surface area contributed by atoms with E-state index in [2.05, 4.69) is 15.4 Å². The van der Waals surface area contributed by atoms with Gasteiger partial charge in [0, 0.05) is 30.9 Å². The highest BCUT2D eigenvalue weighted by Crippen LogP contribution is 2.17. The second-order valence-electron chi connectivity index (χ2n) is 5.74. The predicted octanol–water partition coefficient (Wildman–Crippen LogP) is 1.89. The molecule has 28 heavy (non-hydrogen) atoms. The number of ether oxygens (including phenoxy) is 1. The van der Waals surface area contributed by atoms with E-state index in [0.717, 1.165) is 28.6 Å². The maximum atomic E-state index is 13.6. The van der Waals surface area contributed by atoms with Crippen LogP contribution in [-0.4, -0.2) is 34.3 Å². The molecule has 0 spiro atoms. The smallest absolute Gasteiger partial charge is 0.275 e. The van der Waals surface area contributed by atoms with Crippen LogP contribution in [0.5, 0.6) is 5.88 Å². The highest BCUT2D eigenvalue weighted by Gasteiger charge is 2.17. The third kappa shape index (κ3) is 4.20. The molecule has 2 aromatic heterocycles. The Kier molecular flexibility index (Phi) is 5.73. The minimum Gasteiger partial charge on any atom is -0.481 e. The van der Waals surface area contributed by atoms with Crippen LogP contribution in [0.2, 0.25) is 0 Å². The van der Waals surface area contributed by atoms with Crippen LogP contribution in [0.15, 0.2) is 53.5 Å². The van der Waals surface area contributed by atoms with Gasteiger partial charge in [0.05, 0.1) is 18.9 Å². The van der Waals surface area contributed by atoms with E-state index in [4.69, 9.17) is 4.74 Å². The molecule has 0 unspecified atom stereocenters. The fourth-order valence-electron chi connectivity index (χ4n) is 2.48. The lowest BCUT2D eigenvalue weighted by molar-refractivity contribution is 0.0946. The number of carbonyl (C=O) groups is 1. The maximum absolute atomic E-state index is 13.6. The lowest BCUT2D eigenvalue weighted by atomic mass is 10.2. The van der Waals surface area contributed by atoms with E-state index in [-0.39, 0.29) is 18.1 Å². The minimum atomic E-state index is -1.10. The molecule has 0 aliphatic rings. The Bertz CT molecular complexity index is 1050. The summed E-state index contributed by atoms with van der Waals surface area (Å²) in [5.41, 5.74) is -0.180. The van der Waals surface area contributed by atoms with E-state index in [0.29, 0.717) is 6.42 Å². The summed E-state index contributed by atoms with van der Waals surface area (Å²) in [5, 5.41) is 6.57. The second kappa shape index (κ2) is 8.38. The van der Waals surface area contributed by atoms with Gasteiger partial charge in [-0.05, 0) is 24.3 Å². The van der Waals surface area contributed by atoms with Crippen LogP contribution in [0, 0.1) is 11.6 Å². The summed E-state index contributed by atoms with van der Waals surface area (Å²) in [7, 11) is 1.29. The lowest BCUT2D eigenvalue weighted by Gasteiger charge is -2.13. The van der Waals surface area contributed by atoms with Crippen molar-refractivity contribution < 1.29 is 18.3 Å². The van der Waals surface area contributed by atoms with Gasteiger partial charge in [0.25, 0.3) is 5.91 Å². The minimum absolute atomic E-state index is 0.0268. The first-order valence-electron chi connectivity index (χ1n) is 8.31. The number of hydrogen-bond donors (Lipinski definition) is 1. The van der Waals surface area contributed by atoms with Crippen LogP contribution in [0.1, 0.15) is 16.2 Å². The van der Waals surface area contributed by atoms with Crippen LogP contribution in [0.25, 0.3) is 5.69 Å². The molecule has 0 atom stereocenters. The summed E-state index contributed by atoms with van der Waals surface area (Å²) in [6, 6.07) is 9.53. The summed E-state index contributed by atoms with van der Waals surface area (Å²) in [6.45, 7) is 0.244. The SMILES string of the molecule is COc1cc(=O)c(C(=O)NCCc2ccccn2)nn1-c1ccc(F)c(F)c1. The third-order valence-electron chi connectivity index (χ3n) is 3.86. The number of nitrogens with one attached hydrogen (secondary N) is 1. The van der Waals surface area contributed by atoms with Crippen molar-refractivity contribution in [2.45, 2.75) is 6.42 Å². The molecule has 0 saturated carbocycles. The molecular weight excluding hydrogens is 370 g/mol. The van der Waals surface area contributed by atoms with Gasteiger partial charge in [-0.15, -0.1) is 0 Å². The Labute approximate surface area is 158 Å². The highest BCUT2D eigenvalue weighted by molar-refractivity contribution is 5.92. The quantitative estimate of drug-likeness (QED) is 0.699. The van der Waals surface area contributed by atoms with E-state index >= 15 is 0 Å². The summed E-state index contributed by atoms with van der Waals surface area (Å²) in [5.74, 6) is -2.85. The zero-order chi connectivity index (χ0) is 20.1. The number of hydrogen-bond acceptors (Lipinski definition) is 5. The molecule has 3 aromatic rings. The van der Waals surface area contributed by atoms with E-state index < -0.39 is 28.7 Å². The summed E-state index contributed by atoms with van der Waals surface area (Å²) >= 11 is 0. The average Bonchev–Trinajstić information content (AvgIpc) is 2.70. The van der Waals surface area contributed by atoms with Gasteiger partial charge in [0.1, 0.15) is 0 Å². The Hall–Kier alpha value is -3.62. The zero-order valence-corrected chi connectivity index (χ0v) is 14.9. The van der Waals surface area contributed by atoms with Crippen molar-refractivity contribution in [1.29, 1.82) is 0 Å². The van der Waals surface area contributed by atoms with Crippen molar-refractivity contribution in [2.75, 3.05) is 13.7 Å². The third-order valence-corrected chi connectivity index (χ3v) is 3.86. The number of benzene rings is 1. The normalized spacial score (nSPS) is 10.5. The number of nitrogens with zero attached hydrogens (tertiary/aromatic N) is 3. The van der Waals surface area contributed by atoms with E-state index in [9.17, 15) is 18.4 Å². The fraction of sp³-hybridized carbons (Fsp3) is 0.158. The molecule has 0 bridgehead atoms. The highest BCUT2D eigenvalue weighted by atomic mass is 19.2. The Balaban J connectivity index is 1.85. The van der Waals surface area contributed by atoms with Crippen molar-refractivity contribution in [3.05, 3.63) is 81.9 Å². The largest absolute Gasteiger partial charge is 0.481 e. The first-order chi connectivity index (χ1) is 13.5. The molecule has 9 heteroatoms. The molecule has 1 aromatic carbocycles. The van der Waals surface area contributed by atoms with Crippen molar-refractivity contribution in [1.82, 2.24) is 20.1 Å². The first-order valence-corrected chi connectivity index (χ1v) is 8.31. The predicted molar refractivity (Wildman–Crippen MR) is 96.6 cm³/mol. The number of halogens is 2. The van der Waals surface area contributed by atoms with Gasteiger partial charge < -0.3 is 10.1 Å². The molecule has 144 valence electrons. The Morgan fingerprint density at radius 3 is 2.68 bits per heavy atom. The van der Waals surface area contributed by atoms with Gasteiger partial charge in [-0.25, -0.2) is 13.5 Å². The van der Waals surface area contributed by atoms with Crippen LogP contribution in [-0.2, 0) is 6.42 Å². The van der Waals surface area contributed by atoms with E-state index in [1.807, 2.05) is 12.1 Å². The van der Waals surface area contributed by atoms with Gasteiger partial charge in [-0.2, -0.15) is 5.10 Å². The van der Waals surface area contributed by atoms with Gasteiger partial charge in [0.15, 0.2) is 17.3 Å². The van der Waals surface area contributed by atoms with Crippen LogP contribution < -0.4 is 15.5 Å². The van der Waals surface area contributed by atoms with Crippen LogP contribution in [0.3, 0.4) is 0 Å². The van der Waals surface area contributed by atoms with Crippen molar-refractivity contribution in [3.63, 3.8) is 0 Å². The van der Waals surface area contributed by atoms with E-state index in [1.54, 1.807) is 12.3 Å². The standard InChI is InChI=1S/C19H16F2N4O3/c1-28-17-11-16(26)18(19(27)23-9-7-12-4-2-3-8-22-12)24-25(17)13-5-6-14(20)15(21)10-13/h2-6,8,10-11H,7,9H2,1H3,(H,23,27). The molecule has 0 radical (unpaired) electrons. The number of amides is 1. The molecule has 3 rings (SSSR count). The van der Waals surface area contributed by atoms with Crippen molar-refractivity contribution in [3.8, 4) is 11.6 Å². The monoisotopic (exact) mass is 386 g/mol. The molecule has 0 saturated heterocycles. The molecule has 1 amide bonds. The topological polar surface area (TPSA) is 86.1 Å². The summed E-state index contributed by atoms with van der Waals surface area (Å²) in [6.07, 6.45) is 2.11. The second-order valence-corrected chi connectivity index (χ2v) is 5.74. The number of aromatic nitrogens is 3. The zero-order valence-electron chi connectivity index (χ0n) is 14.9. The average molecular weight is 386 g/mol. The molecule has 1 N–H and O–H groups in total. The van der Waals surface area contributed by atoms with Gasteiger partial charge in [-0.3, -0.25) is 14.6 Å². The number of carbonyl (C=O) groups excluding carboxylic acids is 1. The lowest BCUT2D eigenvalue weighted by Crippen LogP contribution is -2.33. The Morgan fingerprint density at radius 2 is 2.00 bits per heavy atom. The number of pyridine rings is 1. The fourth-order valence-corrected chi connectivity index (χ4v) is 2.48. The van der Waals surface area contributed by atoms with Gasteiger partial charge >= 0.3 is 0 Å². The first kappa shape index (κ1) is 19.2. The summed E-state index contributed by atoms with van der Waals surface area (Å²) in [4.78, 5) is 28.7. The van der Waals surface area contributed by atoms with Crippen molar-refractivity contribution in [2.24, 2.45) is 0 Å². The van der Waals surface area contributed by atoms with E-state index in [1.165, 1.54) is 13.2 Å². The molecule has 7 nitrogen and oxygen atoms in total. The number of methoxy groups -OCH3 is 1. The van der Waals surface area contributed by atoms with Gasteiger partial charge in [-0.1, -0.05) is 6.07 Å². The number of rotatable bonds is 6.